The molecule has 1 saturated heterocycles. The zero-order valence-corrected chi connectivity index (χ0v) is 16.4. The molecular formula is C21H31N5. The minimum absolute atomic E-state index is 0.347. The van der Waals surface area contributed by atoms with Gasteiger partial charge in [-0.25, -0.2) is 9.97 Å². The van der Waals surface area contributed by atoms with Crippen LogP contribution in [-0.4, -0.2) is 46.4 Å². The fraction of sp³-hybridized carbons (Fsp3) is 0.524. The lowest BCUT2D eigenvalue weighted by atomic mass is 10.0. The van der Waals surface area contributed by atoms with E-state index in [1.54, 1.807) is 0 Å². The smallest absolute Gasteiger partial charge is 0.222 e. The van der Waals surface area contributed by atoms with E-state index >= 15 is 0 Å². The molecule has 1 unspecified atom stereocenters. The fourth-order valence-corrected chi connectivity index (χ4v) is 3.61. The van der Waals surface area contributed by atoms with Crippen LogP contribution in [0, 0.1) is 0 Å². The number of nitrogens with one attached hydrogen (secondary N) is 1. The summed E-state index contributed by atoms with van der Waals surface area (Å²) in [6.07, 6.45) is 6.37. The molecule has 1 N–H and O–H groups in total. The van der Waals surface area contributed by atoms with Crippen LogP contribution in [-0.2, 0) is 13.1 Å². The number of hydrogen-bond acceptors (Lipinski definition) is 5. The lowest BCUT2D eigenvalue weighted by Crippen LogP contribution is -2.23. The SMILES string of the molecule is CC(C)Nc1ncc(CN2CCCC2c2ccc(CN(C)C)cc2)cn1. The standard InChI is InChI=1S/C21H31N5/c1-16(2)24-21-22-12-18(13-23-21)15-26-11-5-6-20(26)19-9-7-17(8-10-19)14-25(3)4/h7-10,12-13,16,20H,5-6,11,14-15H2,1-4H3,(H,22,23,24). The van der Waals surface area contributed by atoms with Crippen LogP contribution in [0.5, 0.6) is 0 Å². The van der Waals surface area contributed by atoms with Crippen molar-refractivity contribution in [2.75, 3.05) is 26.0 Å². The van der Waals surface area contributed by atoms with Gasteiger partial charge in [0.05, 0.1) is 0 Å². The van der Waals surface area contributed by atoms with Gasteiger partial charge in [-0.1, -0.05) is 24.3 Å². The summed E-state index contributed by atoms with van der Waals surface area (Å²) in [4.78, 5) is 13.6. The first kappa shape index (κ1) is 18.8. The molecule has 0 aliphatic carbocycles. The highest BCUT2D eigenvalue weighted by Crippen LogP contribution is 2.33. The van der Waals surface area contributed by atoms with E-state index in [0.29, 0.717) is 18.0 Å². The van der Waals surface area contributed by atoms with Crippen molar-refractivity contribution in [2.45, 2.75) is 51.9 Å². The van der Waals surface area contributed by atoms with Crippen LogP contribution in [0.3, 0.4) is 0 Å². The summed E-state index contributed by atoms with van der Waals surface area (Å²) in [5.41, 5.74) is 3.96. The molecule has 0 saturated carbocycles. The molecule has 5 nitrogen and oxygen atoms in total. The molecule has 1 aliphatic rings. The van der Waals surface area contributed by atoms with Crippen molar-refractivity contribution in [3.05, 3.63) is 53.3 Å². The van der Waals surface area contributed by atoms with Gasteiger partial charge in [-0.15, -0.1) is 0 Å². The molecule has 0 amide bonds. The Kier molecular flexibility index (Phi) is 6.22. The summed E-state index contributed by atoms with van der Waals surface area (Å²) in [6.45, 7) is 7.22. The van der Waals surface area contributed by atoms with E-state index in [1.807, 2.05) is 12.4 Å². The van der Waals surface area contributed by atoms with Gasteiger partial charge in [-0.2, -0.15) is 0 Å². The van der Waals surface area contributed by atoms with Gasteiger partial charge in [-0.05, 0) is 58.5 Å². The van der Waals surface area contributed by atoms with Crippen LogP contribution in [0.4, 0.5) is 5.95 Å². The molecule has 1 aromatic heterocycles. The lowest BCUT2D eigenvalue weighted by molar-refractivity contribution is 0.248. The van der Waals surface area contributed by atoms with Crippen molar-refractivity contribution in [1.82, 2.24) is 19.8 Å². The first-order valence-electron chi connectivity index (χ1n) is 9.56. The maximum atomic E-state index is 4.44. The van der Waals surface area contributed by atoms with Crippen LogP contribution < -0.4 is 5.32 Å². The van der Waals surface area contributed by atoms with E-state index < -0.39 is 0 Å². The monoisotopic (exact) mass is 353 g/mol. The largest absolute Gasteiger partial charge is 0.352 e. The maximum Gasteiger partial charge on any atom is 0.222 e. The van der Waals surface area contributed by atoms with Crippen molar-refractivity contribution in [2.24, 2.45) is 0 Å². The Morgan fingerprint density at radius 1 is 1.12 bits per heavy atom. The van der Waals surface area contributed by atoms with Crippen molar-refractivity contribution in [1.29, 1.82) is 0 Å². The van der Waals surface area contributed by atoms with Crippen LogP contribution in [0.2, 0.25) is 0 Å². The van der Waals surface area contributed by atoms with E-state index in [-0.39, 0.29) is 0 Å². The van der Waals surface area contributed by atoms with Gasteiger partial charge in [0.1, 0.15) is 0 Å². The number of benzene rings is 1. The molecular weight excluding hydrogens is 322 g/mol. The minimum Gasteiger partial charge on any atom is -0.352 e. The molecule has 0 bridgehead atoms. The normalized spacial score (nSPS) is 18.0. The number of nitrogens with zero attached hydrogens (tertiary/aromatic N) is 4. The third-order valence-corrected chi connectivity index (χ3v) is 4.74. The van der Waals surface area contributed by atoms with Crippen LogP contribution in [0.1, 0.15) is 49.4 Å². The van der Waals surface area contributed by atoms with E-state index in [0.717, 1.165) is 19.6 Å². The zero-order valence-electron chi connectivity index (χ0n) is 16.4. The third-order valence-electron chi connectivity index (χ3n) is 4.74. The molecule has 1 fully saturated rings. The Morgan fingerprint density at radius 3 is 2.42 bits per heavy atom. The highest BCUT2D eigenvalue weighted by molar-refractivity contribution is 5.27. The predicted octanol–water partition coefficient (Wildman–Crippen LogP) is 3.70. The molecule has 2 aromatic rings. The highest BCUT2D eigenvalue weighted by Gasteiger charge is 2.26. The quantitative estimate of drug-likeness (QED) is 0.822. The average molecular weight is 354 g/mol. The van der Waals surface area contributed by atoms with Crippen LogP contribution in [0.25, 0.3) is 0 Å². The van der Waals surface area contributed by atoms with Crippen LogP contribution in [0.15, 0.2) is 36.7 Å². The molecule has 2 heterocycles. The molecule has 0 radical (unpaired) electrons. The molecule has 5 heteroatoms. The summed E-state index contributed by atoms with van der Waals surface area (Å²) in [7, 11) is 4.22. The first-order chi connectivity index (χ1) is 12.5. The van der Waals surface area contributed by atoms with E-state index in [2.05, 4.69) is 77.3 Å². The first-order valence-corrected chi connectivity index (χ1v) is 9.56. The minimum atomic E-state index is 0.347. The Morgan fingerprint density at radius 2 is 1.81 bits per heavy atom. The molecule has 1 aliphatic heterocycles. The second kappa shape index (κ2) is 8.60. The van der Waals surface area contributed by atoms with Gasteiger partial charge in [0, 0.05) is 43.1 Å². The van der Waals surface area contributed by atoms with E-state index in [9.17, 15) is 0 Å². The summed E-state index contributed by atoms with van der Waals surface area (Å²) < 4.78 is 0. The number of hydrogen-bond donors (Lipinski definition) is 1. The van der Waals surface area contributed by atoms with Gasteiger partial charge >= 0.3 is 0 Å². The zero-order chi connectivity index (χ0) is 18.5. The van der Waals surface area contributed by atoms with Crippen molar-refractivity contribution in [3.8, 4) is 0 Å². The van der Waals surface area contributed by atoms with Crippen molar-refractivity contribution < 1.29 is 0 Å². The van der Waals surface area contributed by atoms with E-state index in [1.165, 1.54) is 29.5 Å². The predicted molar refractivity (Wildman–Crippen MR) is 107 cm³/mol. The highest BCUT2D eigenvalue weighted by atomic mass is 15.2. The van der Waals surface area contributed by atoms with Crippen molar-refractivity contribution >= 4 is 5.95 Å². The summed E-state index contributed by atoms with van der Waals surface area (Å²) in [6, 6.07) is 9.97. The number of rotatable bonds is 7. The molecule has 1 atom stereocenters. The topological polar surface area (TPSA) is 44.3 Å². The van der Waals surface area contributed by atoms with Gasteiger partial charge in [-0.3, -0.25) is 4.90 Å². The Balaban J connectivity index is 1.64. The summed E-state index contributed by atoms with van der Waals surface area (Å²) in [5, 5.41) is 3.24. The maximum absolute atomic E-state index is 4.44. The van der Waals surface area contributed by atoms with E-state index in [4.69, 9.17) is 0 Å². The molecule has 140 valence electrons. The Hall–Kier alpha value is -1.98. The lowest BCUT2D eigenvalue weighted by Gasteiger charge is -2.25. The molecule has 3 rings (SSSR count). The average Bonchev–Trinajstić information content (AvgIpc) is 3.04. The molecule has 0 spiro atoms. The Bertz CT molecular complexity index is 679. The Labute approximate surface area is 157 Å². The third kappa shape index (κ3) is 5.02. The second-order valence-corrected chi connectivity index (χ2v) is 7.82. The fourth-order valence-electron chi connectivity index (χ4n) is 3.61. The van der Waals surface area contributed by atoms with Crippen LogP contribution >= 0.6 is 0 Å². The van der Waals surface area contributed by atoms with Crippen molar-refractivity contribution in [3.63, 3.8) is 0 Å². The number of aromatic nitrogens is 2. The van der Waals surface area contributed by atoms with Gasteiger partial charge in [0.25, 0.3) is 0 Å². The number of likely N-dealkylation sites (tertiary alicyclic amines) is 1. The van der Waals surface area contributed by atoms with Gasteiger partial charge in [0.2, 0.25) is 5.95 Å². The van der Waals surface area contributed by atoms with Gasteiger partial charge < -0.3 is 10.2 Å². The number of anilines is 1. The summed E-state index contributed by atoms with van der Waals surface area (Å²) in [5.74, 6) is 0.707. The summed E-state index contributed by atoms with van der Waals surface area (Å²) >= 11 is 0. The van der Waals surface area contributed by atoms with Gasteiger partial charge in [0.15, 0.2) is 0 Å². The molecule has 1 aromatic carbocycles. The molecule has 26 heavy (non-hydrogen) atoms. The second-order valence-electron chi connectivity index (χ2n) is 7.82.